The van der Waals surface area contributed by atoms with E-state index in [0.29, 0.717) is 5.92 Å². The molecule has 0 unspecified atom stereocenters. The first-order chi connectivity index (χ1) is 14.2. The van der Waals surface area contributed by atoms with Crippen molar-refractivity contribution in [3.8, 4) is 0 Å². The van der Waals surface area contributed by atoms with Crippen LogP contribution in [-0.4, -0.2) is 0 Å². The van der Waals surface area contributed by atoms with Gasteiger partial charge in [0.1, 0.15) is 0 Å². The summed E-state index contributed by atoms with van der Waals surface area (Å²) in [6, 6.07) is 0. The summed E-state index contributed by atoms with van der Waals surface area (Å²) in [7, 11) is 0. The zero-order valence-corrected chi connectivity index (χ0v) is 21.5. The van der Waals surface area contributed by atoms with Gasteiger partial charge in [-0.05, 0) is 112 Å². The van der Waals surface area contributed by atoms with Crippen LogP contribution in [0.15, 0.2) is 70.4 Å². The largest absolute Gasteiger partial charge is 0.0856 e. The van der Waals surface area contributed by atoms with Gasteiger partial charge >= 0.3 is 0 Å². The first-order valence-electron chi connectivity index (χ1n) is 12.1. The van der Waals surface area contributed by atoms with Crippen molar-refractivity contribution in [1.29, 1.82) is 0 Å². The maximum atomic E-state index is 2.43. The van der Waals surface area contributed by atoms with Gasteiger partial charge < -0.3 is 0 Å². The predicted molar refractivity (Wildman–Crippen MR) is 140 cm³/mol. The molecule has 0 aliphatic carbocycles. The second-order valence-electron chi connectivity index (χ2n) is 9.55. The molecule has 0 N–H and O–H groups in total. The lowest BCUT2D eigenvalue weighted by Gasteiger charge is -2.05. The summed E-state index contributed by atoms with van der Waals surface area (Å²) < 4.78 is 0. The molecule has 30 heavy (non-hydrogen) atoms. The topological polar surface area (TPSA) is 0 Å². The Balaban J connectivity index is 4.05. The van der Waals surface area contributed by atoms with Crippen LogP contribution in [-0.2, 0) is 0 Å². The van der Waals surface area contributed by atoms with Gasteiger partial charge in [0.2, 0.25) is 0 Å². The lowest BCUT2D eigenvalue weighted by molar-refractivity contribution is 0.653. The second-order valence-corrected chi connectivity index (χ2v) is 9.55. The minimum Gasteiger partial charge on any atom is -0.0856 e. The van der Waals surface area contributed by atoms with Crippen molar-refractivity contribution in [2.24, 2.45) is 5.92 Å². The third kappa shape index (κ3) is 19.7. The van der Waals surface area contributed by atoms with Crippen molar-refractivity contribution in [2.45, 2.75) is 113 Å². The molecule has 0 aromatic heterocycles. The van der Waals surface area contributed by atoms with Crippen LogP contribution in [0.5, 0.6) is 0 Å². The number of rotatable bonds is 15. The van der Waals surface area contributed by atoms with Gasteiger partial charge in [-0.1, -0.05) is 77.3 Å². The first-order valence-corrected chi connectivity index (χ1v) is 12.1. The Bertz CT molecular complexity index is 623. The quantitative estimate of drug-likeness (QED) is 0.235. The van der Waals surface area contributed by atoms with Gasteiger partial charge in [-0.15, -0.1) is 0 Å². The van der Waals surface area contributed by atoms with Gasteiger partial charge in [0.05, 0.1) is 0 Å². The molecule has 0 amide bonds. The SMILES string of the molecule is CC(C)=CCC/C(C)=C\CC[C@@H](C)/C=C/C/C=C(\C)CC/C=C(\C)CCC=C(C)C. The highest BCUT2D eigenvalue weighted by atomic mass is 14.0. The molecule has 0 aromatic rings. The Kier molecular flexibility index (Phi) is 17.3. The van der Waals surface area contributed by atoms with Gasteiger partial charge in [-0.2, -0.15) is 0 Å². The van der Waals surface area contributed by atoms with Crippen molar-refractivity contribution in [3.63, 3.8) is 0 Å². The van der Waals surface area contributed by atoms with Crippen LogP contribution in [0.3, 0.4) is 0 Å². The summed E-state index contributed by atoms with van der Waals surface area (Å²) in [5, 5.41) is 0. The predicted octanol–water partition coefficient (Wildman–Crippen LogP) is 10.5. The highest BCUT2D eigenvalue weighted by Gasteiger charge is 1.96. The van der Waals surface area contributed by atoms with Crippen LogP contribution in [0.2, 0.25) is 0 Å². The van der Waals surface area contributed by atoms with Crippen molar-refractivity contribution < 1.29 is 0 Å². The monoisotopic (exact) mass is 410 g/mol. The molecule has 0 aliphatic rings. The average Bonchev–Trinajstić information content (AvgIpc) is 2.64. The highest BCUT2D eigenvalue weighted by molar-refractivity contribution is 5.07. The van der Waals surface area contributed by atoms with Crippen LogP contribution < -0.4 is 0 Å². The lowest BCUT2D eigenvalue weighted by Crippen LogP contribution is -1.88. The smallest absolute Gasteiger partial charge is 0.0166 e. The molecule has 0 saturated heterocycles. The molecule has 0 aromatic carbocycles. The second kappa shape index (κ2) is 18.2. The molecule has 0 saturated carbocycles. The zero-order valence-electron chi connectivity index (χ0n) is 21.5. The summed E-state index contributed by atoms with van der Waals surface area (Å²) in [5.41, 5.74) is 7.41. The molecular formula is C30H50. The summed E-state index contributed by atoms with van der Waals surface area (Å²) >= 11 is 0. The van der Waals surface area contributed by atoms with Gasteiger partial charge in [0, 0.05) is 0 Å². The van der Waals surface area contributed by atoms with Gasteiger partial charge in [0.25, 0.3) is 0 Å². The van der Waals surface area contributed by atoms with E-state index in [-0.39, 0.29) is 0 Å². The summed E-state index contributed by atoms with van der Waals surface area (Å²) in [6.07, 6.45) is 27.3. The molecule has 0 aliphatic heterocycles. The molecule has 0 fully saturated rings. The maximum absolute atomic E-state index is 2.43. The summed E-state index contributed by atoms with van der Waals surface area (Å²) in [6.45, 7) is 17.8. The van der Waals surface area contributed by atoms with E-state index in [2.05, 4.69) is 97.9 Å². The van der Waals surface area contributed by atoms with E-state index >= 15 is 0 Å². The Morgan fingerprint density at radius 2 is 1.00 bits per heavy atom. The summed E-state index contributed by atoms with van der Waals surface area (Å²) in [5.74, 6) is 0.659. The first kappa shape index (κ1) is 28.4. The van der Waals surface area contributed by atoms with Gasteiger partial charge in [-0.25, -0.2) is 0 Å². The lowest BCUT2D eigenvalue weighted by atomic mass is 10.0. The van der Waals surface area contributed by atoms with Crippen LogP contribution in [0, 0.1) is 5.92 Å². The molecule has 0 bridgehead atoms. The van der Waals surface area contributed by atoms with Crippen molar-refractivity contribution in [3.05, 3.63) is 70.4 Å². The standard InChI is InChI=1S/C30H50/c1-25(2)15-11-19-29(7)23-13-21-27(5)17-9-10-18-28(6)22-14-24-30(8)20-12-16-26(3)4/h9,15-18,23-24,27H,10-14,19-22H2,1-8H3/b17-9+,28-18+,29-23-,30-24+/t27-/m0/s1. The third-order valence-corrected chi connectivity index (χ3v) is 5.40. The molecule has 1 atom stereocenters. The number of allylic oxidation sites excluding steroid dienone is 12. The molecule has 0 radical (unpaired) electrons. The molecule has 0 rings (SSSR count). The maximum Gasteiger partial charge on any atom is -0.0166 e. The van der Waals surface area contributed by atoms with Crippen LogP contribution in [0.1, 0.15) is 113 Å². The number of hydrogen-bond acceptors (Lipinski definition) is 0. The van der Waals surface area contributed by atoms with Crippen molar-refractivity contribution in [1.82, 2.24) is 0 Å². The van der Waals surface area contributed by atoms with Crippen molar-refractivity contribution >= 4 is 0 Å². The highest BCUT2D eigenvalue weighted by Crippen LogP contribution is 2.14. The Labute approximate surface area is 189 Å². The van der Waals surface area contributed by atoms with E-state index in [0.717, 1.165) is 6.42 Å². The van der Waals surface area contributed by atoms with E-state index in [4.69, 9.17) is 0 Å². The van der Waals surface area contributed by atoms with Crippen LogP contribution in [0.4, 0.5) is 0 Å². The van der Waals surface area contributed by atoms with Crippen LogP contribution >= 0.6 is 0 Å². The Hall–Kier alpha value is -1.56. The fourth-order valence-corrected chi connectivity index (χ4v) is 3.30. The van der Waals surface area contributed by atoms with Gasteiger partial charge in [-0.3, -0.25) is 0 Å². The van der Waals surface area contributed by atoms with E-state index < -0.39 is 0 Å². The van der Waals surface area contributed by atoms with E-state index in [9.17, 15) is 0 Å². The fourth-order valence-electron chi connectivity index (χ4n) is 3.30. The van der Waals surface area contributed by atoms with E-state index in [1.54, 1.807) is 0 Å². The molecule has 0 heteroatoms. The van der Waals surface area contributed by atoms with Gasteiger partial charge in [0.15, 0.2) is 0 Å². The molecule has 0 nitrogen and oxygen atoms in total. The minimum absolute atomic E-state index is 0.659. The normalized spacial score (nSPS) is 14.2. The van der Waals surface area contributed by atoms with Crippen LogP contribution in [0.25, 0.3) is 0 Å². The van der Waals surface area contributed by atoms with E-state index in [1.165, 1.54) is 79.2 Å². The summed E-state index contributed by atoms with van der Waals surface area (Å²) in [4.78, 5) is 0. The van der Waals surface area contributed by atoms with Crippen molar-refractivity contribution in [2.75, 3.05) is 0 Å². The zero-order chi connectivity index (χ0) is 22.8. The average molecular weight is 411 g/mol. The fraction of sp³-hybridized carbons (Fsp3) is 0.600. The molecule has 0 heterocycles. The Morgan fingerprint density at radius 1 is 0.567 bits per heavy atom. The minimum atomic E-state index is 0.659. The molecule has 0 spiro atoms. The number of hydrogen-bond donors (Lipinski definition) is 0. The van der Waals surface area contributed by atoms with E-state index in [1.807, 2.05) is 0 Å². The molecular weight excluding hydrogens is 360 g/mol. The molecule has 170 valence electrons. The Morgan fingerprint density at radius 3 is 1.50 bits per heavy atom. The third-order valence-electron chi connectivity index (χ3n) is 5.40.